The van der Waals surface area contributed by atoms with Gasteiger partial charge in [0.15, 0.2) is 0 Å². The van der Waals surface area contributed by atoms with E-state index in [9.17, 15) is 13.2 Å². The van der Waals surface area contributed by atoms with Crippen LogP contribution in [0.2, 0.25) is 0 Å². The van der Waals surface area contributed by atoms with Crippen LogP contribution in [-0.4, -0.2) is 35.4 Å². The number of halogens is 3. The van der Waals surface area contributed by atoms with E-state index in [1.807, 2.05) is 18.2 Å². The zero-order valence-corrected chi connectivity index (χ0v) is 17.5. The highest BCUT2D eigenvalue weighted by molar-refractivity contribution is 7.97. The summed E-state index contributed by atoms with van der Waals surface area (Å²) < 4.78 is 44.5. The van der Waals surface area contributed by atoms with Gasteiger partial charge in [-0.05, 0) is 54.3 Å². The largest absolute Gasteiger partial charge is 0.573 e. The molecule has 0 radical (unpaired) electrons. The quantitative estimate of drug-likeness (QED) is 0.485. The Morgan fingerprint density at radius 2 is 1.90 bits per heavy atom. The topological polar surface area (TPSA) is 37.4 Å². The highest BCUT2D eigenvalue weighted by atomic mass is 32.2. The lowest BCUT2D eigenvalue weighted by Gasteiger charge is -2.17. The molecule has 31 heavy (non-hydrogen) atoms. The predicted molar refractivity (Wildman–Crippen MR) is 115 cm³/mol. The molecule has 8 heteroatoms. The number of rotatable bonds is 7. The molecule has 4 rings (SSSR count). The van der Waals surface area contributed by atoms with Crippen LogP contribution in [0.25, 0.3) is 11.3 Å². The van der Waals surface area contributed by atoms with Gasteiger partial charge in [-0.15, -0.1) is 13.2 Å². The van der Waals surface area contributed by atoms with E-state index in [-0.39, 0.29) is 11.8 Å². The minimum Gasteiger partial charge on any atom is -0.406 e. The average Bonchev–Trinajstić information content (AvgIpc) is 3.20. The Balaban J connectivity index is 1.26. The molecule has 1 aliphatic heterocycles. The summed E-state index contributed by atoms with van der Waals surface area (Å²) in [6.45, 7) is 2.71. The van der Waals surface area contributed by atoms with Gasteiger partial charge in [-0.2, -0.15) is 0 Å². The molecule has 0 aliphatic carbocycles. The molecule has 2 aromatic carbocycles. The van der Waals surface area contributed by atoms with E-state index in [2.05, 4.69) is 43.6 Å². The number of hydrogen-bond acceptors (Lipinski definition) is 5. The third-order valence-electron chi connectivity index (χ3n) is 4.98. The van der Waals surface area contributed by atoms with Crippen LogP contribution in [-0.2, 0) is 6.54 Å². The van der Waals surface area contributed by atoms with E-state index in [1.165, 1.54) is 29.6 Å². The van der Waals surface area contributed by atoms with Crippen LogP contribution >= 0.6 is 11.9 Å². The van der Waals surface area contributed by atoms with Crippen molar-refractivity contribution in [1.82, 2.24) is 14.6 Å². The minimum absolute atomic E-state index is 0.207. The number of nitrogens with zero attached hydrogens (tertiary/aromatic N) is 2. The van der Waals surface area contributed by atoms with Gasteiger partial charge in [0.25, 0.3) is 0 Å². The Kier molecular flexibility index (Phi) is 6.80. The molecule has 0 spiro atoms. The lowest BCUT2D eigenvalue weighted by atomic mass is 10.1. The van der Waals surface area contributed by atoms with E-state index in [0.29, 0.717) is 4.90 Å². The normalized spacial score (nSPS) is 17.1. The van der Waals surface area contributed by atoms with Gasteiger partial charge < -0.3 is 4.74 Å². The van der Waals surface area contributed by atoms with E-state index >= 15 is 0 Å². The SMILES string of the molecule is FC(F)(F)Oc1cccc(SNC2CCN(Cc3ccc(-c4ccccn4)cc3)C2)c1. The molecule has 1 atom stereocenters. The van der Waals surface area contributed by atoms with Crippen LogP contribution in [0.15, 0.2) is 77.8 Å². The van der Waals surface area contributed by atoms with Crippen LogP contribution in [0, 0.1) is 0 Å². The van der Waals surface area contributed by atoms with Gasteiger partial charge in [-0.3, -0.25) is 14.6 Å². The van der Waals surface area contributed by atoms with Crippen LogP contribution in [0.1, 0.15) is 12.0 Å². The van der Waals surface area contributed by atoms with Gasteiger partial charge in [0, 0.05) is 42.3 Å². The summed E-state index contributed by atoms with van der Waals surface area (Å²) in [4.78, 5) is 7.43. The van der Waals surface area contributed by atoms with Crippen molar-refractivity contribution in [1.29, 1.82) is 0 Å². The van der Waals surface area contributed by atoms with Crippen molar-refractivity contribution in [2.45, 2.75) is 30.3 Å². The highest BCUT2D eigenvalue weighted by Gasteiger charge is 2.31. The number of likely N-dealkylation sites (tertiary alicyclic amines) is 1. The first kappa shape index (κ1) is 21.7. The van der Waals surface area contributed by atoms with Crippen LogP contribution in [0.4, 0.5) is 13.2 Å². The summed E-state index contributed by atoms with van der Waals surface area (Å²) >= 11 is 1.33. The molecular weight excluding hydrogens is 423 g/mol. The number of hydrogen-bond donors (Lipinski definition) is 1. The second kappa shape index (κ2) is 9.72. The van der Waals surface area contributed by atoms with Crippen molar-refractivity contribution in [3.63, 3.8) is 0 Å². The maximum atomic E-state index is 12.4. The second-order valence-electron chi connectivity index (χ2n) is 7.38. The minimum atomic E-state index is -4.68. The molecule has 1 fully saturated rings. The summed E-state index contributed by atoms with van der Waals surface area (Å²) in [5, 5.41) is 0. The molecule has 1 aromatic heterocycles. The molecule has 4 nitrogen and oxygen atoms in total. The molecule has 1 saturated heterocycles. The maximum Gasteiger partial charge on any atom is 0.573 e. The van der Waals surface area contributed by atoms with Crippen molar-refractivity contribution < 1.29 is 17.9 Å². The summed E-state index contributed by atoms with van der Waals surface area (Å²) in [6.07, 6.45) is -1.91. The van der Waals surface area contributed by atoms with Crippen molar-refractivity contribution >= 4 is 11.9 Å². The van der Waals surface area contributed by atoms with E-state index in [4.69, 9.17) is 0 Å². The van der Waals surface area contributed by atoms with Crippen molar-refractivity contribution in [3.8, 4) is 17.0 Å². The third kappa shape index (κ3) is 6.46. The fraction of sp³-hybridized carbons (Fsp3) is 0.261. The van der Waals surface area contributed by atoms with Crippen LogP contribution < -0.4 is 9.46 Å². The van der Waals surface area contributed by atoms with Crippen LogP contribution in [0.5, 0.6) is 5.75 Å². The summed E-state index contributed by atoms with van der Waals surface area (Å²) in [5.41, 5.74) is 3.30. The first-order valence-electron chi connectivity index (χ1n) is 9.95. The number of pyridine rings is 1. The molecule has 1 unspecified atom stereocenters. The Labute approximate surface area is 183 Å². The molecule has 0 bridgehead atoms. The van der Waals surface area contributed by atoms with E-state index < -0.39 is 6.36 Å². The fourth-order valence-electron chi connectivity index (χ4n) is 3.53. The standard InChI is InChI=1S/C23H22F3N3OS/c24-23(25,26)30-20-4-3-5-21(14-20)31-28-19-11-13-29(16-19)15-17-7-9-18(10-8-17)22-6-1-2-12-27-22/h1-10,12,14,19,28H,11,13,15-16H2. The zero-order valence-electron chi connectivity index (χ0n) is 16.7. The van der Waals surface area contributed by atoms with Gasteiger partial charge in [0.1, 0.15) is 5.75 Å². The summed E-state index contributed by atoms with van der Waals surface area (Å²) in [6, 6.07) is 20.6. The average molecular weight is 446 g/mol. The zero-order chi connectivity index (χ0) is 21.7. The smallest absolute Gasteiger partial charge is 0.406 e. The monoisotopic (exact) mass is 445 g/mol. The van der Waals surface area contributed by atoms with Gasteiger partial charge in [0.05, 0.1) is 5.69 Å². The molecule has 1 N–H and O–H groups in total. The molecule has 1 aliphatic rings. The summed E-state index contributed by atoms with van der Waals surface area (Å²) in [7, 11) is 0. The third-order valence-corrected chi connectivity index (χ3v) is 5.92. The molecule has 162 valence electrons. The Bertz CT molecular complexity index is 983. The molecule has 3 aromatic rings. The number of ether oxygens (including phenoxy) is 1. The lowest BCUT2D eigenvalue weighted by molar-refractivity contribution is -0.274. The van der Waals surface area contributed by atoms with Crippen molar-refractivity contribution in [2.24, 2.45) is 0 Å². The van der Waals surface area contributed by atoms with Gasteiger partial charge in [-0.25, -0.2) is 0 Å². The molecular formula is C23H22F3N3OS. The first-order chi connectivity index (χ1) is 14.9. The summed E-state index contributed by atoms with van der Waals surface area (Å²) in [5.74, 6) is -0.207. The second-order valence-corrected chi connectivity index (χ2v) is 8.29. The Morgan fingerprint density at radius 1 is 1.06 bits per heavy atom. The van der Waals surface area contributed by atoms with Crippen LogP contribution in [0.3, 0.4) is 0 Å². The molecule has 0 saturated carbocycles. The van der Waals surface area contributed by atoms with Crippen molar-refractivity contribution in [3.05, 3.63) is 78.5 Å². The first-order valence-corrected chi connectivity index (χ1v) is 10.8. The molecule has 0 amide bonds. The number of alkyl halides is 3. The van der Waals surface area contributed by atoms with Crippen molar-refractivity contribution in [2.75, 3.05) is 13.1 Å². The van der Waals surface area contributed by atoms with Gasteiger partial charge in [-0.1, -0.05) is 36.4 Å². The Hall–Kier alpha value is -2.55. The predicted octanol–water partition coefficient (Wildman–Crippen LogP) is 5.52. The van der Waals surface area contributed by atoms with E-state index in [0.717, 1.165) is 37.3 Å². The highest BCUT2D eigenvalue weighted by Crippen LogP contribution is 2.27. The van der Waals surface area contributed by atoms with Gasteiger partial charge in [0.2, 0.25) is 0 Å². The Morgan fingerprint density at radius 3 is 2.65 bits per heavy atom. The number of nitrogens with one attached hydrogen (secondary N) is 1. The maximum absolute atomic E-state index is 12.4. The lowest BCUT2D eigenvalue weighted by Crippen LogP contribution is -2.28. The molecule has 2 heterocycles. The number of aromatic nitrogens is 1. The van der Waals surface area contributed by atoms with E-state index in [1.54, 1.807) is 18.3 Å². The fourth-order valence-corrected chi connectivity index (χ4v) is 4.35. The van der Waals surface area contributed by atoms with Gasteiger partial charge >= 0.3 is 6.36 Å². The number of benzene rings is 2.